The number of rotatable bonds is 2. The van der Waals surface area contributed by atoms with Crippen molar-refractivity contribution >= 4 is 11.0 Å². The lowest BCUT2D eigenvalue weighted by molar-refractivity contribution is -0.00362. The quantitative estimate of drug-likeness (QED) is 0.889. The van der Waals surface area contributed by atoms with Gasteiger partial charge in [0.15, 0.2) is 0 Å². The van der Waals surface area contributed by atoms with E-state index < -0.39 is 0 Å². The first-order valence-electron chi connectivity index (χ1n) is 6.30. The highest BCUT2D eigenvalue weighted by Crippen LogP contribution is 2.29. The lowest BCUT2D eigenvalue weighted by Gasteiger charge is -2.26. The summed E-state index contributed by atoms with van der Waals surface area (Å²) in [6.07, 6.45) is 3.18. The second-order valence-electron chi connectivity index (χ2n) is 4.76. The summed E-state index contributed by atoms with van der Waals surface area (Å²) in [4.78, 5) is 0. The van der Waals surface area contributed by atoms with E-state index in [4.69, 9.17) is 14.9 Å². The summed E-state index contributed by atoms with van der Waals surface area (Å²) >= 11 is 0. The third-order valence-corrected chi connectivity index (χ3v) is 3.44. The molecule has 1 saturated heterocycles. The van der Waals surface area contributed by atoms with Gasteiger partial charge in [0.2, 0.25) is 0 Å². The number of hydrogen-bond donors (Lipinski definition) is 1. The van der Waals surface area contributed by atoms with Crippen LogP contribution in [0.15, 0.2) is 28.7 Å². The predicted octanol–water partition coefficient (Wildman–Crippen LogP) is 3.14. The molecule has 0 saturated carbocycles. The molecule has 1 aromatic heterocycles. The molecule has 0 bridgehead atoms. The second kappa shape index (κ2) is 4.71. The first-order valence-corrected chi connectivity index (χ1v) is 6.30. The van der Waals surface area contributed by atoms with Crippen molar-refractivity contribution in [2.24, 2.45) is 5.73 Å². The first-order chi connectivity index (χ1) is 8.74. The summed E-state index contributed by atoms with van der Waals surface area (Å²) in [5.74, 6) is 0.403. The van der Waals surface area contributed by atoms with Crippen molar-refractivity contribution in [2.45, 2.75) is 31.4 Å². The predicted molar refractivity (Wildman–Crippen MR) is 66.7 cm³/mol. The number of ether oxygens (including phenoxy) is 1. The van der Waals surface area contributed by atoms with Crippen molar-refractivity contribution in [3.05, 3.63) is 35.8 Å². The Labute approximate surface area is 105 Å². The van der Waals surface area contributed by atoms with Gasteiger partial charge >= 0.3 is 0 Å². The van der Waals surface area contributed by atoms with Crippen LogP contribution in [-0.4, -0.2) is 12.7 Å². The van der Waals surface area contributed by atoms with Gasteiger partial charge in [-0.2, -0.15) is 0 Å². The first kappa shape index (κ1) is 11.7. The molecule has 3 rings (SSSR count). The van der Waals surface area contributed by atoms with Crippen LogP contribution < -0.4 is 5.73 Å². The van der Waals surface area contributed by atoms with E-state index in [0.717, 1.165) is 31.3 Å². The molecule has 1 aliphatic rings. The summed E-state index contributed by atoms with van der Waals surface area (Å²) in [5, 5.41) is 0.747. The minimum absolute atomic E-state index is 0.00385. The van der Waals surface area contributed by atoms with Crippen molar-refractivity contribution in [2.75, 3.05) is 6.61 Å². The molecule has 96 valence electrons. The Bertz CT molecular complexity index is 546. The van der Waals surface area contributed by atoms with E-state index in [9.17, 15) is 4.39 Å². The minimum atomic E-state index is -0.277. The number of furan rings is 1. The Kier molecular flexibility index (Phi) is 3.06. The van der Waals surface area contributed by atoms with Crippen LogP contribution in [0.4, 0.5) is 4.39 Å². The molecule has 1 aromatic carbocycles. The lowest BCUT2D eigenvalue weighted by Crippen LogP contribution is -2.31. The summed E-state index contributed by atoms with van der Waals surface area (Å²) < 4.78 is 24.4. The molecule has 2 aromatic rings. The van der Waals surface area contributed by atoms with Crippen molar-refractivity contribution in [1.82, 2.24) is 0 Å². The SMILES string of the molecule is NC(c1cc2cc(F)ccc2o1)C1CCCCO1. The minimum Gasteiger partial charge on any atom is -0.459 e. The van der Waals surface area contributed by atoms with Gasteiger partial charge in [-0.25, -0.2) is 4.39 Å². The molecule has 1 fully saturated rings. The highest BCUT2D eigenvalue weighted by atomic mass is 19.1. The van der Waals surface area contributed by atoms with E-state index in [1.165, 1.54) is 12.1 Å². The van der Waals surface area contributed by atoms with Gasteiger partial charge in [-0.05, 0) is 43.5 Å². The molecular formula is C14H16FNO2. The standard InChI is InChI=1S/C14H16FNO2/c15-10-4-5-11-9(7-10)8-13(18-11)14(16)12-3-1-2-6-17-12/h4-5,7-8,12,14H,1-3,6,16H2. The summed E-state index contributed by atoms with van der Waals surface area (Å²) in [6, 6.07) is 6.00. The normalized spacial score (nSPS) is 22.2. The fourth-order valence-electron chi connectivity index (χ4n) is 2.43. The number of hydrogen-bond acceptors (Lipinski definition) is 3. The van der Waals surface area contributed by atoms with E-state index in [0.29, 0.717) is 11.3 Å². The van der Waals surface area contributed by atoms with Gasteiger partial charge in [-0.3, -0.25) is 0 Å². The summed E-state index contributed by atoms with van der Waals surface area (Å²) in [5.41, 5.74) is 6.82. The zero-order valence-electron chi connectivity index (χ0n) is 10.1. The van der Waals surface area contributed by atoms with Crippen LogP contribution in [0.2, 0.25) is 0 Å². The number of benzene rings is 1. The van der Waals surface area contributed by atoms with Crippen molar-refractivity contribution in [1.29, 1.82) is 0 Å². The summed E-state index contributed by atoms with van der Waals surface area (Å²) in [6.45, 7) is 0.757. The van der Waals surface area contributed by atoms with Gasteiger partial charge in [0.1, 0.15) is 17.2 Å². The molecule has 3 nitrogen and oxygen atoms in total. The molecule has 0 radical (unpaired) electrons. The molecule has 0 spiro atoms. The van der Waals surface area contributed by atoms with E-state index in [-0.39, 0.29) is 18.0 Å². The third-order valence-electron chi connectivity index (χ3n) is 3.44. The maximum Gasteiger partial charge on any atom is 0.134 e. The number of fused-ring (bicyclic) bond motifs is 1. The van der Waals surface area contributed by atoms with Crippen LogP contribution in [0.5, 0.6) is 0 Å². The van der Waals surface area contributed by atoms with Crippen LogP contribution in [-0.2, 0) is 4.74 Å². The Balaban J connectivity index is 1.88. The van der Waals surface area contributed by atoms with Crippen LogP contribution in [0, 0.1) is 5.82 Å². The van der Waals surface area contributed by atoms with Crippen LogP contribution in [0.1, 0.15) is 31.1 Å². The maximum atomic E-state index is 13.1. The molecule has 0 aliphatic carbocycles. The van der Waals surface area contributed by atoms with E-state index >= 15 is 0 Å². The third kappa shape index (κ3) is 2.13. The van der Waals surface area contributed by atoms with Gasteiger partial charge in [-0.1, -0.05) is 0 Å². The molecule has 4 heteroatoms. The molecule has 0 amide bonds. The zero-order valence-corrected chi connectivity index (χ0v) is 10.1. The molecule has 2 unspecified atom stereocenters. The number of halogens is 1. The van der Waals surface area contributed by atoms with Crippen molar-refractivity contribution < 1.29 is 13.5 Å². The fraction of sp³-hybridized carbons (Fsp3) is 0.429. The Morgan fingerprint density at radius 1 is 1.28 bits per heavy atom. The maximum absolute atomic E-state index is 13.1. The fourth-order valence-corrected chi connectivity index (χ4v) is 2.43. The van der Waals surface area contributed by atoms with E-state index in [1.54, 1.807) is 12.1 Å². The topological polar surface area (TPSA) is 48.4 Å². The Morgan fingerprint density at radius 2 is 2.17 bits per heavy atom. The average Bonchev–Trinajstić information content (AvgIpc) is 2.81. The van der Waals surface area contributed by atoms with Gasteiger partial charge in [-0.15, -0.1) is 0 Å². The largest absolute Gasteiger partial charge is 0.459 e. The number of nitrogens with two attached hydrogens (primary N) is 1. The molecule has 1 aliphatic heterocycles. The Morgan fingerprint density at radius 3 is 2.94 bits per heavy atom. The molecule has 2 atom stereocenters. The van der Waals surface area contributed by atoms with E-state index in [1.807, 2.05) is 0 Å². The highest BCUT2D eigenvalue weighted by molar-refractivity contribution is 5.78. The summed E-state index contributed by atoms with van der Waals surface area (Å²) in [7, 11) is 0. The average molecular weight is 249 g/mol. The van der Waals surface area contributed by atoms with Gasteiger partial charge in [0.05, 0.1) is 12.1 Å². The van der Waals surface area contributed by atoms with Crippen molar-refractivity contribution in [3.8, 4) is 0 Å². The van der Waals surface area contributed by atoms with E-state index in [2.05, 4.69) is 0 Å². The van der Waals surface area contributed by atoms with Gasteiger partial charge in [0.25, 0.3) is 0 Å². The van der Waals surface area contributed by atoms with Crippen LogP contribution >= 0.6 is 0 Å². The molecule has 2 N–H and O–H groups in total. The van der Waals surface area contributed by atoms with Gasteiger partial charge in [0, 0.05) is 12.0 Å². The van der Waals surface area contributed by atoms with Crippen molar-refractivity contribution in [3.63, 3.8) is 0 Å². The smallest absolute Gasteiger partial charge is 0.134 e. The van der Waals surface area contributed by atoms with Crippen LogP contribution in [0.3, 0.4) is 0 Å². The molecule has 18 heavy (non-hydrogen) atoms. The molecule has 2 heterocycles. The monoisotopic (exact) mass is 249 g/mol. The highest BCUT2D eigenvalue weighted by Gasteiger charge is 2.25. The lowest BCUT2D eigenvalue weighted by atomic mass is 10.0. The van der Waals surface area contributed by atoms with Crippen LogP contribution in [0.25, 0.3) is 11.0 Å². The second-order valence-corrected chi connectivity index (χ2v) is 4.76. The van der Waals surface area contributed by atoms with Gasteiger partial charge < -0.3 is 14.9 Å². The Hall–Kier alpha value is -1.39. The molecular weight excluding hydrogens is 233 g/mol. The zero-order chi connectivity index (χ0) is 12.5.